The number of aromatic nitrogens is 1. The molecular weight excluding hydrogens is 242 g/mol. The molecule has 4 nitrogen and oxygen atoms in total. The normalized spacial score (nSPS) is 11.0. The molecule has 94 valence electrons. The van der Waals surface area contributed by atoms with E-state index in [0.717, 1.165) is 16.3 Å². The third kappa shape index (κ3) is 1.61. The average Bonchev–Trinajstić information content (AvgIpc) is 2.72. The fraction of sp³-hybridized carbons (Fsp3) is 0.0667. The van der Waals surface area contributed by atoms with Crippen molar-refractivity contribution >= 4 is 33.7 Å². The van der Waals surface area contributed by atoms with Crippen molar-refractivity contribution in [3.05, 3.63) is 48.0 Å². The number of nitrogens with zero attached hydrogens (tertiary/aromatic N) is 1. The number of benzene rings is 2. The van der Waals surface area contributed by atoms with Crippen molar-refractivity contribution in [1.82, 2.24) is 4.57 Å². The van der Waals surface area contributed by atoms with Gasteiger partial charge in [-0.1, -0.05) is 24.3 Å². The van der Waals surface area contributed by atoms with Gasteiger partial charge in [-0.3, -0.25) is 9.36 Å². The molecule has 19 heavy (non-hydrogen) atoms. The third-order valence-electron chi connectivity index (χ3n) is 3.24. The summed E-state index contributed by atoms with van der Waals surface area (Å²) in [5, 5.41) is 10.9. The van der Waals surface area contributed by atoms with Crippen molar-refractivity contribution in [2.45, 2.75) is 6.92 Å². The minimum Gasteiger partial charge on any atom is -0.478 e. The van der Waals surface area contributed by atoms with Gasteiger partial charge in [-0.25, -0.2) is 4.79 Å². The Morgan fingerprint density at radius 2 is 1.68 bits per heavy atom. The van der Waals surface area contributed by atoms with Gasteiger partial charge in [-0.05, 0) is 18.2 Å². The summed E-state index contributed by atoms with van der Waals surface area (Å²) in [5.41, 5.74) is 1.61. The molecule has 0 saturated carbocycles. The molecule has 1 heterocycles. The van der Waals surface area contributed by atoms with Crippen LogP contribution in [0, 0.1) is 0 Å². The first-order valence-corrected chi connectivity index (χ1v) is 5.87. The predicted molar refractivity (Wildman–Crippen MR) is 72.7 cm³/mol. The van der Waals surface area contributed by atoms with Crippen LogP contribution in [0.25, 0.3) is 21.8 Å². The summed E-state index contributed by atoms with van der Waals surface area (Å²) in [6.07, 6.45) is 0. The second-order valence-electron chi connectivity index (χ2n) is 4.41. The highest BCUT2D eigenvalue weighted by Crippen LogP contribution is 2.29. The van der Waals surface area contributed by atoms with Crippen LogP contribution in [0.5, 0.6) is 0 Å². The highest BCUT2D eigenvalue weighted by molar-refractivity contribution is 6.14. The maximum Gasteiger partial charge on any atom is 0.335 e. The Kier molecular flexibility index (Phi) is 2.38. The number of carboxylic acids is 1. The molecule has 0 aliphatic heterocycles. The van der Waals surface area contributed by atoms with Gasteiger partial charge in [-0.15, -0.1) is 0 Å². The molecule has 0 fully saturated rings. The Labute approximate surface area is 108 Å². The Balaban J connectivity index is 2.53. The lowest BCUT2D eigenvalue weighted by Gasteiger charge is -2.02. The fourth-order valence-corrected chi connectivity index (χ4v) is 2.44. The van der Waals surface area contributed by atoms with Crippen LogP contribution < -0.4 is 0 Å². The molecule has 1 N–H and O–H groups in total. The van der Waals surface area contributed by atoms with E-state index >= 15 is 0 Å². The smallest absolute Gasteiger partial charge is 0.335 e. The van der Waals surface area contributed by atoms with Gasteiger partial charge in [0.2, 0.25) is 5.91 Å². The van der Waals surface area contributed by atoms with Crippen LogP contribution in [0.4, 0.5) is 0 Å². The molecule has 0 atom stereocenters. The lowest BCUT2D eigenvalue weighted by molar-refractivity contribution is 0.0696. The van der Waals surface area contributed by atoms with E-state index in [1.54, 1.807) is 22.8 Å². The van der Waals surface area contributed by atoms with Crippen LogP contribution in [0.1, 0.15) is 22.1 Å². The molecule has 3 rings (SSSR count). The lowest BCUT2D eigenvalue weighted by atomic mass is 10.1. The van der Waals surface area contributed by atoms with Crippen LogP contribution in [-0.4, -0.2) is 21.6 Å². The van der Waals surface area contributed by atoms with Gasteiger partial charge in [0.05, 0.1) is 16.6 Å². The Hall–Kier alpha value is -2.62. The number of aromatic carboxylic acids is 1. The topological polar surface area (TPSA) is 59.3 Å². The van der Waals surface area contributed by atoms with Crippen molar-refractivity contribution in [1.29, 1.82) is 0 Å². The number of carboxylic acid groups (broad SMARTS) is 1. The second-order valence-corrected chi connectivity index (χ2v) is 4.41. The summed E-state index contributed by atoms with van der Waals surface area (Å²) >= 11 is 0. The van der Waals surface area contributed by atoms with Gasteiger partial charge in [0.25, 0.3) is 0 Å². The number of rotatable bonds is 1. The molecule has 0 aliphatic carbocycles. The van der Waals surface area contributed by atoms with Crippen LogP contribution in [-0.2, 0) is 0 Å². The van der Waals surface area contributed by atoms with Gasteiger partial charge in [0.1, 0.15) is 0 Å². The van der Waals surface area contributed by atoms with E-state index in [4.69, 9.17) is 5.11 Å². The zero-order valence-electron chi connectivity index (χ0n) is 10.3. The van der Waals surface area contributed by atoms with Crippen molar-refractivity contribution in [2.75, 3.05) is 0 Å². The number of hydrogen-bond donors (Lipinski definition) is 1. The van der Waals surface area contributed by atoms with Crippen LogP contribution in [0.15, 0.2) is 42.5 Å². The molecule has 0 bridgehead atoms. The van der Waals surface area contributed by atoms with Gasteiger partial charge in [0, 0.05) is 17.7 Å². The number of carbonyl (C=O) groups is 2. The molecule has 0 unspecified atom stereocenters. The van der Waals surface area contributed by atoms with Crippen LogP contribution >= 0.6 is 0 Å². The Morgan fingerprint density at radius 3 is 2.37 bits per heavy atom. The second kappa shape index (κ2) is 3.95. The zero-order chi connectivity index (χ0) is 13.6. The Morgan fingerprint density at radius 1 is 1.00 bits per heavy atom. The summed E-state index contributed by atoms with van der Waals surface area (Å²) in [5.74, 6) is -1.13. The maximum atomic E-state index is 11.8. The summed E-state index contributed by atoms with van der Waals surface area (Å²) < 4.78 is 1.55. The highest BCUT2D eigenvalue weighted by Gasteiger charge is 2.14. The third-order valence-corrected chi connectivity index (χ3v) is 3.24. The van der Waals surface area contributed by atoms with E-state index in [1.165, 1.54) is 6.92 Å². The molecule has 0 aliphatic rings. The first-order valence-electron chi connectivity index (χ1n) is 5.87. The summed E-state index contributed by atoms with van der Waals surface area (Å²) in [6, 6.07) is 12.4. The molecule has 0 radical (unpaired) electrons. The van der Waals surface area contributed by atoms with Crippen molar-refractivity contribution < 1.29 is 14.7 Å². The fourth-order valence-electron chi connectivity index (χ4n) is 2.44. The van der Waals surface area contributed by atoms with E-state index in [-0.39, 0.29) is 11.5 Å². The van der Waals surface area contributed by atoms with E-state index in [2.05, 4.69) is 0 Å². The van der Waals surface area contributed by atoms with Gasteiger partial charge in [0.15, 0.2) is 0 Å². The van der Waals surface area contributed by atoms with Crippen molar-refractivity contribution in [3.63, 3.8) is 0 Å². The maximum absolute atomic E-state index is 11.8. The predicted octanol–water partition coefficient (Wildman–Crippen LogP) is 3.15. The summed E-state index contributed by atoms with van der Waals surface area (Å²) in [4.78, 5) is 22.9. The monoisotopic (exact) mass is 253 g/mol. The van der Waals surface area contributed by atoms with Crippen molar-refractivity contribution in [2.24, 2.45) is 0 Å². The van der Waals surface area contributed by atoms with Gasteiger partial charge < -0.3 is 5.11 Å². The minimum absolute atomic E-state index is 0.131. The van der Waals surface area contributed by atoms with Crippen LogP contribution in [0.3, 0.4) is 0 Å². The van der Waals surface area contributed by atoms with E-state index < -0.39 is 5.97 Å². The van der Waals surface area contributed by atoms with Crippen LogP contribution in [0.2, 0.25) is 0 Å². The zero-order valence-corrected chi connectivity index (χ0v) is 10.3. The summed E-state index contributed by atoms with van der Waals surface area (Å²) in [6.45, 7) is 1.47. The quantitative estimate of drug-likeness (QED) is 0.724. The minimum atomic E-state index is -0.998. The number of carbonyl (C=O) groups excluding carboxylic acids is 1. The number of fused-ring (bicyclic) bond motifs is 3. The van der Waals surface area contributed by atoms with E-state index in [9.17, 15) is 9.59 Å². The number of para-hydroxylation sites is 1. The lowest BCUT2D eigenvalue weighted by Crippen LogP contribution is -2.05. The standard InChI is InChI=1S/C15H11NO3/c1-9(17)16-13-5-3-2-4-11(13)12-7-6-10(15(18)19)8-14(12)16/h2-8H,1H3,(H,18,19). The van der Waals surface area contributed by atoms with Gasteiger partial charge in [-0.2, -0.15) is 0 Å². The molecule has 2 aromatic carbocycles. The van der Waals surface area contributed by atoms with Gasteiger partial charge >= 0.3 is 5.97 Å². The number of hydrogen-bond acceptors (Lipinski definition) is 2. The largest absolute Gasteiger partial charge is 0.478 e. The molecule has 1 aromatic heterocycles. The molecule has 4 heteroatoms. The molecule has 0 amide bonds. The van der Waals surface area contributed by atoms with E-state index in [1.807, 2.05) is 24.3 Å². The first-order chi connectivity index (χ1) is 9.09. The average molecular weight is 253 g/mol. The molecule has 0 spiro atoms. The molecule has 0 saturated heterocycles. The SMILES string of the molecule is CC(=O)n1c2ccccc2c2ccc(C(=O)O)cc21. The molecule has 3 aromatic rings. The van der Waals surface area contributed by atoms with E-state index in [0.29, 0.717) is 5.52 Å². The molecular formula is C15H11NO3. The Bertz CT molecular complexity index is 830. The first kappa shape index (κ1) is 11.5. The summed E-state index contributed by atoms with van der Waals surface area (Å²) in [7, 11) is 0. The van der Waals surface area contributed by atoms with Crippen molar-refractivity contribution in [3.8, 4) is 0 Å². The highest BCUT2D eigenvalue weighted by atomic mass is 16.4.